The molecule has 0 saturated heterocycles. The van der Waals surface area contributed by atoms with Gasteiger partial charge in [0.2, 0.25) is 11.8 Å². The first-order chi connectivity index (χ1) is 17.6. The van der Waals surface area contributed by atoms with E-state index in [0.717, 1.165) is 11.1 Å². The van der Waals surface area contributed by atoms with Crippen LogP contribution in [0.1, 0.15) is 25.0 Å². The lowest BCUT2D eigenvalue weighted by Crippen LogP contribution is -2.56. The van der Waals surface area contributed by atoms with Crippen LogP contribution in [0.3, 0.4) is 0 Å². The second-order valence-corrected chi connectivity index (χ2v) is 9.40. The van der Waals surface area contributed by atoms with Gasteiger partial charge in [-0.1, -0.05) is 60.7 Å². The Labute approximate surface area is 216 Å². The molecule has 3 aromatic rings. The Morgan fingerprint density at radius 3 is 2.30 bits per heavy atom. The number of amides is 3. The van der Waals surface area contributed by atoms with Crippen LogP contribution < -0.4 is 16.4 Å². The van der Waals surface area contributed by atoms with Gasteiger partial charge in [0.1, 0.15) is 12.6 Å². The highest BCUT2D eigenvalue weighted by molar-refractivity contribution is 5.98. The molecule has 3 amide bonds. The molecule has 0 spiro atoms. The normalized spacial score (nSPS) is 12.0. The number of benzene rings is 2. The third-order valence-electron chi connectivity index (χ3n) is 5.49. The molecular formula is C27H34N6O4. The number of ether oxygens (including phenoxy) is 1. The Morgan fingerprint density at radius 2 is 1.68 bits per heavy atom. The number of carbonyl (C=O) groups is 3. The van der Waals surface area contributed by atoms with Gasteiger partial charge < -0.3 is 30.6 Å². The van der Waals surface area contributed by atoms with E-state index >= 15 is 0 Å². The summed E-state index contributed by atoms with van der Waals surface area (Å²) in [5.74, 6) is -0.862. The standard InChI is InChI=1S/C27H34N6O4/c1-27(2,28)26(36)30-22(18-37-17-21-12-8-5-9-13-21)25(35)31-23-15-33(19-29-23)16-24(34)32(3)14-20-10-6-4-7-11-20/h4-13,15,19,22H,14,16-18,28H2,1-3H3,(H,30,36)(H,31,35). The van der Waals surface area contributed by atoms with Gasteiger partial charge in [-0.05, 0) is 25.0 Å². The second kappa shape index (κ2) is 12.8. The van der Waals surface area contributed by atoms with Crippen LogP contribution in [0, 0.1) is 0 Å². The van der Waals surface area contributed by atoms with Gasteiger partial charge in [-0.25, -0.2) is 4.98 Å². The molecule has 0 aliphatic heterocycles. The number of nitrogens with two attached hydrogens (primary N) is 1. The van der Waals surface area contributed by atoms with Crippen molar-refractivity contribution >= 4 is 23.5 Å². The van der Waals surface area contributed by atoms with E-state index in [0.29, 0.717) is 6.54 Å². The van der Waals surface area contributed by atoms with Crippen molar-refractivity contribution in [1.82, 2.24) is 19.8 Å². The smallest absolute Gasteiger partial charge is 0.250 e. The lowest BCUT2D eigenvalue weighted by Gasteiger charge is -2.23. The van der Waals surface area contributed by atoms with Crippen LogP contribution in [-0.2, 0) is 38.8 Å². The summed E-state index contributed by atoms with van der Waals surface area (Å²) >= 11 is 0. The first-order valence-electron chi connectivity index (χ1n) is 11.9. The van der Waals surface area contributed by atoms with Gasteiger partial charge in [0.25, 0.3) is 5.91 Å². The Balaban J connectivity index is 1.58. The molecule has 4 N–H and O–H groups in total. The van der Waals surface area contributed by atoms with Crippen molar-refractivity contribution in [3.8, 4) is 0 Å². The highest BCUT2D eigenvalue weighted by atomic mass is 16.5. The van der Waals surface area contributed by atoms with Gasteiger partial charge in [-0.2, -0.15) is 0 Å². The van der Waals surface area contributed by atoms with Crippen LogP contribution in [0.4, 0.5) is 5.82 Å². The fraction of sp³-hybridized carbons (Fsp3) is 0.333. The van der Waals surface area contributed by atoms with E-state index in [2.05, 4.69) is 15.6 Å². The average Bonchev–Trinajstić information content (AvgIpc) is 3.30. The zero-order chi connectivity index (χ0) is 26.8. The zero-order valence-corrected chi connectivity index (χ0v) is 21.4. The number of hydrogen-bond donors (Lipinski definition) is 3. The first-order valence-corrected chi connectivity index (χ1v) is 11.9. The summed E-state index contributed by atoms with van der Waals surface area (Å²) in [6.45, 7) is 3.87. The van der Waals surface area contributed by atoms with Crippen molar-refractivity contribution in [2.45, 2.75) is 45.1 Å². The van der Waals surface area contributed by atoms with Crippen molar-refractivity contribution < 1.29 is 19.1 Å². The van der Waals surface area contributed by atoms with Crippen LogP contribution >= 0.6 is 0 Å². The molecule has 0 radical (unpaired) electrons. The van der Waals surface area contributed by atoms with Crippen LogP contribution in [0.5, 0.6) is 0 Å². The summed E-state index contributed by atoms with van der Waals surface area (Å²) in [5.41, 5.74) is 6.68. The van der Waals surface area contributed by atoms with Gasteiger partial charge in [0.15, 0.2) is 5.82 Å². The number of carbonyl (C=O) groups excluding carboxylic acids is 3. The molecule has 0 fully saturated rings. The summed E-state index contributed by atoms with van der Waals surface area (Å²) in [7, 11) is 1.73. The van der Waals surface area contributed by atoms with E-state index in [-0.39, 0.29) is 31.5 Å². The number of rotatable bonds is 12. The molecule has 10 nitrogen and oxygen atoms in total. The SMILES string of the molecule is CN(Cc1ccccc1)C(=O)Cn1cnc(NC(=O)C(COCc2ccccc2)NC(=O)C(C)(C)N)c1. The molecule has 2 aromatic carbocycles. The maximum absolute atomic E-state index is 13.0. The lowest BCUT2D eigenvalue weighted by molar-refractivity contribution is -0.131. The van der Waals surface area contributed by atoms with Gasteiger partial charge in [0.05, 0.1) is 25.1 Å². The molecule has 10 heteroatoms. The molecule has 1 atom stereocenters. The summed E-state index contributed by atoms with van der Waals surface area (Å²) < 4.78 is 7.28. The number of hydrogen-bond acceptors (Lipinski definition) is 6. The van der Waals surface area contributed by atoms with Crippen molar-refractivity contribution in [3.63, 3.8) is 0 Å². The van der Waals surface area contributed by atoms with E-state index < -0.39 is 23.4 Å². The predicted molar refractivity (Wildman–Crippen MR) is 140 cm³/mol. The van der Waals surface area contributed by atoms with Crippen LogP contribution in [0.2, 0.25) is 0 Å². The van der Waals surface area contributed by atoms with Gasteiger partial charge in [-0.3, -0.25) is 14.4 Å². The molecule has 0 bridgehead atoms. The van der Waals surface area contributed by atoms with Crippen molar-refractivity contribution in [2.75, 3.05) is 19.0 Å². The predicted octanol–water partition coefficient (Wildman–Crippen LogP) is 1.92. The number of imidazole rings is 1. The third-order valence-corrected chi connectivity index (χ3v) is 5.49. The molecule has 1 aromatic heterocycles. The summed E-state index contributed by atoms with van der Waals surface area (Å²) in [6.07, 6.45) is 3.02. The largest absolute Gasteiger partial charge is 0.374 e. The lowest BCUT2D eigenvalue weighted by atomic mass is 10.1. The van der Waals surface area contributed by atoms with E-state index in [1.807, 2.05) is 60.7 Å². The molecule has 0 aliphatic rings. The van der Waals surface area contributed by atoms with Crippen LogP contribution in [0.15, 0.2) is 73.2 Å². The van der Waals surface area contributed by atoms with Gasteiger partial charge in [0, 0.05) is 19.8 Å². The minimum atomic E-state index is -1.17. The number of aromatic nitrogens is 2. The molecule has 0 aliphatic carbocycles. The second-order valence-electron chi connectivity index (χ2n) is 9.40. The Kier molecular flexibility index (Phi) is 9.53. The molecule has 3 rings (SSSR count). The average molecular weight is 507 g/mol. The van der Waals surface area contributed by atoms with Crippen LogP contribution in [0.25, 0.3) is 0 Å². The topological polar surface area (TPSA) is 132 Å². The highest BCUT2D eigenvalue weighted by Gasteiger charge is 2.28. The molecule has 1 heterocycles. The maximum atomic E-state index is 13.0. The summed E-state index contributed by atoms with van der Waals surface area (Å²) in [4.78, 5) is 43.9. The monoisotopic (exact) mass is 506 g/mol. The van der Waals surface area contributed by atoms with Gasteiger partial charge >= 0.3 is 0 Å². The fourth-order valence-electron chi connectivity index (χ4n) is 3.34. The number of anilines is 1. The quantitative estimate of drug-likeness (QED) is 0.344. The number of nitrogens with zero attached hydrogens (tertiary/aromatic N) is 3. The Morgan fingerprint density at radius 1 is 1.05 bits per heavy atom. The van der Waals surface area contributed by atoms with Gasteiger partial charge in [-0.15, -0.1) is 0 Å². The Bertz CT molecular complexity index is 1170. The number of nitrogens with one attached hydrogen (secondary N) is 2. The number of likely N-dealkylation sites (N-methyl/N-ethyl adjacent to an activating group) is 1. The van der Waals surface area contributed by atoms with Crippen LogP contribution in [-0.4, -0.2) is 57.4 Å². The Hall–Kier alpha value is -4.02. The van der Waals surface area contributed by atoms with E-state index in [1.165, 1.54) is 6.33 Å². The van der Waals surface area contributed by atoms with Crippen molar-refractivity contribution in [2.24, 2.45) is 5.73 Å². The third kappa shape index (κ3) is 8.85. The molecule has 0 saturated carbocycles. The van der Waals surface area contributed by atoms with Crippen molar-refractivity contribution in [3.05, 3.63) is 84.3 Å². The maximum Gasteiger partial charge on any atom is 0.250 e. The summed E-state index contributed by atoms with van der Waals surface area (Å²) in [6, 6.07) is 18.2. The molecule has 1 unspecified atom stereocenters. The molecule has 37 heavy (non-hydrogen) atoms. The molecule has 196 valence electrons. The minimum Gasteiger partial charge on any atom is -0.374 e. The zero-order valence-electron chi connectivity index (χ0n) is 21.4. The first kappa shape index (κ1) is 27.6. The minimum absolute atomic E-state index is 0.0634. The molecular weight excluding hydrogens is 472 g/mol. The van der Waals surface area contributed by atoms with E-state index in [9.17, 15) is 14.4 Å². The summed E-state index contributed by atoms with van der Waals surface area (Å²) in [5, 5.41) is 5.32. The van der Waals surface area contributed by atoms with E-state index in [1.54, 1.807) is 36.6 Å². The van der Waals surface area contributed by atoms with E-state index in [4.69, 9.17) is 10.5 Å². The fourth-order valence-corrected chi connectivity index (χ4v) is 3.34. The highest BCUT2D eigenvalue weighted by Crippen LogP contribution is 2.08. The van der Waals surface area contributed by atoms with Crippen molar-refractivity contribution in [1.29, 1.82) is 0 Å².